The van der Waals surface area contributed by atoms with Crippen molar-refractivity contribution in [1.82, 2.24) is 9.97 Å². The first-order chi connectivity index (χ1) is 10.1. The number of benzene rings is 1. The second-order valence-corrected chi connectivity index (χ2v) is 6.10. The lowest BCUT2D eigenvalue weighted by Gasteiger charge is -2.07. The molecule has 21 heavy (non-hydrogen) atoms. The average molecular weight is 367 g/mol. The molecule has 0 fully saturated rings. The van der Waals surface area contributed by atoms with Gasteiger partial charge in [0.1, 0.15) is 5.03 Å². The van der Waals surface area contributed by atoms with Gasteiger partial charge in [-0.05, 0) is 47.1 Å². The van der Waals surface area contributed by atoms with Crippen molar-refractivity contribution >= 4 is 45.2 Å². The molecule has 2 rings (SSSR count). The number of hydrogen-bond acceptors (Lipinski definition) is 5. The molecule has 0 unspecified atom stereocenters. The minimum absolute atomic E-state index is 0.0794. The van der Waals surface area contributed by atoms with Crippen molar-refractivity contribution in [1.29, 1.82) is 0 Å². The van der Waals surface area contributed by atoms with E-state index < -0.39 is 0 Å². The van der Waals surface area contributed by atoms with Crippen LogP contribution < -0.4 is 10.6 Å². The molecule has 1 aromatic carbocycles. The number of aromatic nitrogens is 2. The fourth-order valence-corrected chi connectivity index (χ4v) is 2.80. The third kappa shape index (κ3) is 4.71. The van der Waals surface area contributed by atoms with Gasteiger partial charge in [0.05, 0.1) is 4.47 Å². The highest BCUT2D eigenvalue weighted by atomic mass is 79.9. The lowest BCUT2D eigenvalue weighted by molar-refractivity contribution is -0.114. The van der Waals surface area contributed by atoms with Gasteiger partial charge in [0.2, 0.25) is 11.9 Å². The van der Waals surface area contributed by atoms with Crippen LogP contribution >= 0.6 is 27.7 Å². The Morgan fingerprint density at radius 1 is 1.33 bits per heavy atom. The van der Waals surface area contributed by atoms with Gasteiger partial charge in [0.25, 0.3) is 0 Å². The van der Waals surface area contributed by atoms with Crippen LogP contribution in [-0.4, -0.2) is 22.4 Å². The molecule has 1 aromatic heterocycles. The summed E-state index contributed by atoms with van der Waals surface area (Å²) in [6.07, 6.45) is 1.74. The van der Waals surface area contributed by atoms with E-state index in [1.165, 1.54) is 18.7 Å². The third-order valence-electron chi connectivity index (χ3n) is 2.44. The maximum Gasteiger partial charge on any atom is 0.223 e. The van der Waals surface area contributed by atoms with E-state index in [4.69, 9.17) is 0 Å². The normalized spacial score (nSPS) is 10.2. The Kier molecular flexibility index (Phi) is 5.58. The van der Waals surface area contributed by atoms with Gasteiger partial charge in [0.15, 0.2) is 0 Å². The molecule has 0 saturated heterocycles. The lowest BCUT2D eigenvalue weighted by Crippen LogP contribution is -2.05. The molecule has 7 heteroatoms. The molecular formula is C14H15BrN4OS. The van der Waals surface area contributed by atoms with Gasteiger partial charge in [0, 0.05) is 30.2 Å². The number of rotatable bonds is 5. The van der Waals surface area contributed by atoms with Crippen molar-refractivity contribution < 1.29 is 4.79 Å². The molecule has 2 aromatic rings. The summed E-state index contributed by atoms with van der Waals surface area (Å²) < 4.78 is 0.847. The molecule has 0 aliphatic heterocycles. The second kappa shape index (κ2) is 7.42. The van der Waals surface area contributed by atoms with Crippen molar-refractivity contribution in [2.75, 3.05) is 17.2 Å². The maximum absolute atomic E-state index is 11.0. The summed E-state index contributed by atoms with van der Waals surface area (Å²) in [4.78, 5) is 20.7. The van der Waals surface area contributed by atoms with Gasteiger partial charge in [-0.1, -0.05) is 11.8 Å². The summed E-state index contributed by atoms with van der Waals surface area (Å²) in [6.45, 7) is 4.26. The third-order valence-corrected chi connectivity index (χ3v) is 4.29. The van der Waals surface area contributed by atoms with E-state index in [-0.39, 0.29) is 5.91 Å². The highest BCUT2D eigenvalue weighted by Crippen LogP contribution is 2.32. The second-order valence-electron chi connectivity index (χ2n) is 4.18. The molecule has 110 valence electrons. The van der Waals surface area contributed by atoms with Crippen LogP contribution in [-0.2, 0) is 4.79 Å². The van der Waals surface area contributed by atoms with Crippen LogP contribution in [0.3, 0.4) is 0 Å². The Balaban J connectivity index is 2.13. The topological polar surface area (TPSA) is 66.9 Å². The Hall–Kier alpha value is -1.60. The zero-order valence-corrected chi connectivity index (χ0v) is 14.1. The van der Waals surface area contributed by atoms with Crippen molar-refractivity contribution in [3.63, 3.8) is 0 Å². The van der Waals surface area contributed by atoms with Crippen molar-refractivity contribution in [2.24, 2.45) is 0 Å². The quantitative estimate of drug-likeness (QED) is 0.788. The summed E-state index contributed by atoms with van der Waals surface area (Å²) in [5.74, 6) is 0.530. The van der Waals surface area contributed by atoms with Gasteiger partial charge in [-0.2, -0.15) is 0 Å². The standard InChI is InChI=1S/C14H15BrN4OS/c1-3-16-14-17-8-12(15)13(19-14)21-11-6-4-10(5-7-11)18-9(2)20/h4-8H,3H2,1-2H3,(H,18,20)(H,16,17,19). The summed E-state index contributed by atoms with van der Waals surface area (Å²) in [5.41, 5.74) is 0.780. The Morgan fingerprint density at radius 2 is 2.05 bits per heavy atom. The van der Waals surface area contributed by atoms with E-state index >= 15 is 0 Å². The fourth-order valence-electron chi connectivity index (χ4n) is 1.59. The van der Waals surface area contributed by atoms with Gasteiger partial charge in [-0.15, -0.1) is 0 Å². The molecule has 2 N–H and O–H groups in total. The fraction of sp³-hybridized carbons (Fsp3) is 0.214. The molecule has 0 aliphatic carbocycles. The van der Waals surface area contributed by atoms with Gasteiger partial charge >= 0.3 is 0 Å². The van der Waals surface area contributed by atoms with E-state index in [1.807, 2.05) is 31.2 Å². The predicted octanol–water partition coefficient (Wildman–Crippen LogP) is 3.78. The number of anilines is 2. The number of carbonyl (C=O) groups is 1. The van der Waals surface area contributed by atoms with Crippen LogP contribution in [0.5, 0.6) is 0 Å². The summed E-state index contributed by atoms with van der Waals surface area (Å²) in [6, 6.07) is 7.61. The average Bonchev–Trinajstić information content (AvgIpc) is 2.44. The molecule has 0 radical (unpaired) electrons. The number of nitrogens with one attached hydrogen (secondary N) is 2. The van der Waals surface area contributed by atoms with E-state index in [1.54, 1.807) is 6.20 Å². The molecule has 0 atom stereocenters. The number of amides is 1. The van der Waals surface area contributed by atoms with Gasteiger partial charge in [-0.3, -0.25) is 4.79 Å². The summed E-state index contributed by atoms with van der Waals surface area (Å²) in [5, 5.41) is 6.67. The monoisotopic (exact) mass is 366 g/mol. The molecule has 0 aliphatic rings. The molecule has 0 saturated carbocycles. The largest absolute Gasteiger partial charge is 0.354 e. The van der Waals surface area contributed by atoms with E-state index in [0.29, 0.717) is 5.95 Å². The minimum Gasteiger partial charge on any atom is -0.354 e. The Labute approximate surface area is 136 Å². The highest BCUT2D eigenvalue weighted by Gasteiger charge is 2.07. The molecule has 5 nitrogen and oxygen atoms in total. The zero-order chi connectivity index (χ0) is 15.2. The van der Waals surface area contributed by atoms with E-state index in [9.17, 15) is 4.79 Å². The van der Waals surface area contributed by atoms with Crippen molar-refractivity contribution in [2.45, 2.75) is 23.8 Å². The van der Waals surface area contributed by atoms with Crippen LogP contribution in [0.2, 0.25) is 0 Å². The van der Waals surface area contributed by atoms with Crippen molar-refractivity contribution in [3.8, 4) is 0 Å². The van der Waals surface area contributed by atoms with E-state index in [2.05, 4.69) is 36.5 Å². The summed E-state index contributed by atoms with van der Waals surface area (Å²) >= 11 is 4.99. The predicted molar refractivity (Wildman–Crippen MR) is 88.8 cm³/mol. The molecule has 0 bridgehead atoms. The smallest absolute Gasteiger partial charge is 0.223 e. The van der Waals surface area contributed by atoms with E-state index in [0.717, 1.165) is 26.6 Å². The van der Waals surface area contributed by atoms with Crippen LogP contribution in [0.4, 0.5) is 11.6 Å². The number of carbonyl (C=O) groups excluding carboxylic acids is 1. The Bertz CT molecular complexity index is 633. The summed E-state index contributed by atoms with van der Waals surface area (Å²) in [7, 11) is 0. The maximum atomic E-state index is 11.0. The van der Waals surface area contributed by atoms with Crippen LogP contribution in [0, 0.1) is 0 Å². The van der Waals surface area contributed by atoms with Gasteiger partial charge < -0.3 is 10.6 Å². The highest BCUT2D eigenvalue weighted by molar-refractivity contribution is 9.10. The van der Waals surface area contributed by atoms with Crippen LogP contribution in [0.15, 0.2) is 44.9 Å². The number of hydrogen-bond donors (Lipinski definition) is 2. The number of nitrogens with zero attached hydrogens (tertiary/aromatic N) is 2. The molecule has 1 amide bonds. The first kappa shape index (κ1) is 15.8. The molecule has 1 heterocycles. The minimum atomic E-state index is -0.0794. The van der Waals surface area contributed by atoms with Crippen molar-refractivity contribution in [3.05, 3.63) is 34.9 Å². The Morgan fingerprint density at radius 3 is 2.67 bits per heavy atom. The zero-order valence-electron chi connectivity index (χ0n) is 11.7. The van der Waals surface area contributed by atoms with Gasteiger partial charge in [-0.25, -0.2) is 9.97 Å². The first-order valence-electron chi connectivity index (χ1n) is 6.40. The van der Waals surface area contributed by atoms with Crippen LogP contribution in [0.1, 0.15) is 13.8 Å². The molecule has 0 spiro atoms. The lowest BCUT2D eigenvalue weighted by atomic mass is 10.3. The molecular weight excluding hydrogens is 352 g/mol. The number of halogens is 1. The SMILES string of the molecule is CCNc1ncc(Br)c(Sc2ccc(NC(C)=O)cc2)n1. The van der Waals surface area contributed by atoms with Crippen LogP contribution in [0.25, 0.3) is 0 Å². The first-order valence-corrected chi connectivity index (χ1v) is 8.01.